The smallest absolute Gasteiger partial charge is 0.225 e. The molecule has 1 aliphatic carbocycles. The van der Waals surface area contributed by atoms with Crippen LogP contribution in [0.25, 0.3) is 0 Å². The van der Waals surface area contributed by atoms with E-state index in [0.717, 1.165) is 55.4 Å². The van der Waals surface area contributed by atoms with Gasteiger partial charge in [-0.15, -0.1) is 11.3 Å². The predicted molar refractivity (Wildman–Crippen MR) is 105 cm³/mol. The van der Waals surface area contributed by atoms with Gasteiger partial charge in [0.2, 0.25) is 5.91 Å². The molecule has 0 unspecified atom stereocenters. The summed E-state index contributed by atoms with van der Waals surface area (Å²) >= 11 is 1.63. The summed E-state index contributed by atoms with van der Waals surface area (Å²) in [6.07, 6.45) is 8.49. The molecule has 1 aliphatic heterocycles. The molecule has 1 N–H and O–H groups in total. The van der Waals surface area contributed by atoms with Gasteiger partial charge in [0.15, 0.2) is 5.13 Å². The molecule has 0 bridgehead atoms. The van der Waals surface area contributed by atoms with E-state index in [1.54, 1.807) is 11.3 Å². The second-order valence-electron chi connectivity index (χ2n) is 7.43. The van der Waals surface area contributed by atoms with Crippen molar-refractivity contribution in [2.45, 2.75) is 51.4 Å². The van der Waals surface area contributed by atoms with Crippen molar-refractivity contribution in [1.82, 2.24) is 14.9 Å². The highest BCUT2D eigenvalue weighted by Gasteiger charge is 2.30. The van der Waals surface area contributed by atoms with Crippen LogP contribution in [0.15, 0.2) is 24.4 Å². The van der Waals surface area contributed by atoms with Crippen LogP contribution in [0.4, 0.5) is 10.9 Å². The van der Waals surface area contributed by atoms with E-state index in [-0.39, 0.29) is 0 Å². The number of nitrogens with one attached hydrogen (secondary N) is 1. The number of hydrogen-bond acceptors (Lipinski definition) is 5. The lowest BCUT2D eigenvalue weighted by atomic mass is 9.92. The van der Waals surface area contributed by atoms with Gasteiger partial charge in [-0.2, -0.15) is 0 Å². The summed E-state index contributed by atoms with van der Waals surface area (Å²) in [7, 11) is 0. The van der Waals surface area contributed by atoms with Crippen LogP contribution >= 0.6 is 11.3 Å². The summed E-state index contributed by atoms with van der Waals surface area (Å²) < 4.78 is 0. The van der Waals surface area contributed by atoms with E-state index in [4.69, 9.17) is 4.98 Å². The van der Waals surface area contributed by atoms with Gasteiger partial charge in [0.05, 0.1) is 0 Å². The van der Waals surface area contributed by atoms with Crippen LogP contribution in [0.1, 0.15) is 55.0 Å². The third-order valence-electron chi connectivity index (χ3n) is 5.56. The zero-order valence-electron chi connectivity index (χ0n) is 15.3. The molecule has 5 nitrogen and oxygen atoms in total. The van der Waals surface area contributed by atoms with E-state index in [1.165, 1.54) is 17.7 Å². The van der Waals surface area contributed by atoms with Gasteiger partial charge < -0.3 is 10.2 Å². The van der Waals surface area contributed by atoms with Crippen LogP contribution in [0.2, 0.25) is 0 Å². The zero-order valence-corrected chi connectivity index (χ0v) is 16.1. The van der Waals surface area contributed by atoms with Crippen LogP contribution in [0.3, 0.4) is 0 Å². The van der Waals surface area contributed by atoms with Gasteiger partial charge in [-0.05, 0) is 44.7 Å². The number of pyridine rings is 1. The average molecular weight is 371 g/mol. The SMILES string of the molecule is Cc1cnc(Nc2cccc(C3CCN(C(=O)C4CCCC4)CC3)n2)s1. The highest BCUT2D eigenvalue weighted by molar-refractivity contribution is 7.15. The Morgan fingerprint density at radius 2 is 1.96 bits per heavy atom. The first-order valence-electron chi connectivity index (χ1n) is 9.64. The van der Waals surface area contributed by atoms with Gasteiger partial charge >= 0.3 is 0 Å². The predicted octanol–water partition coefficient (Wildman–Crippen LogP) is 4.49. The van der Waals surface area contributed by atoms with Crippen LogP contribution in [-0.2, 0) is 4.79 Å². The first kappa shape index (κ1) is 17.5. The minimum absolute atomic E-state index is 0.291. The van der Waals surface area contributed by atoms with Gasteiger partial charge in [0.1, 0.15) is 5.82 Å². The molecule has 1 saturated carbocycles. The molecule has 2 aromatic heterocycles. The first-order valence-corrected chi connectivity index (χ1v) is 10.5. The lowest BCUT2D eigenvalue weighted by Crippen LogP contribution is -2.40. The maximum absolute atomic E-state index is 12.6. The lowest BCUT2D eigenvalue weighted by molar-refractivity contribution is -0.136. The Hall–Kier alpha value is -1.95. The number of thiazole rings is 1. The molecule has 2 aromatic rings. The third kappa shape index (κ3) is 3.90. The van der Waals surface area contributed by atoms with Crippen molar-refractivity contribution in [3.8, 4) is 0 Å². The fourth-order valence-electron chi connectivity index (χ4n) is 4.10. The molecular weight excluding hydrogens is 344 g/mol. The van der Waals surface area contributed by atoms with E-state index in [2.05, 4.69) is 27.3 Å². The number of carbonyl (C=O) groups is 1. The standard InChI is InChI=1S/C20H26N4OS/c1-14-13-21-20(26-14)23-18-8-4-7-17(22-18)15-9-11-24(12-10-15)19(25)16-5-2-3-6-16/h4,7-8,13,15-16H,2-3,5-6,9-12H2,1H3,(H,21,22,23). The maximum atomic E-state index is 12.6. The second-order valence-corrected chi connectivity index (χ2v) is 8.66. The zero-order chi connectivity index (χ0) is 17.9. The second kappa shape index (κ2) is 7.74. The first-order chi connectivity index (χ1) is 12.7. The van der Waals surface area contributed by atoms with Crippen molar-refractivity contribution in [3.05, 3.63) is 35.0 Å². The quantitative estimate of drug-likeness (QED) is 0.862. The molecule has 138 valence electrons. The summed E-state index contributed by atoms with van der Waals surface area (Å²) in [5, 5.41) is 4.18. The third-order valence-corrected chi connectivity index (χ3v) is 6.38. The average Bonchev–Trinajstić information content (AvgIpc) is 3.34. The number of aromatic nitrogens is 2. The van der Waals surface area contributed by atoms with Crippen molar-refractivity contribution in [2.24, 2.45) is 5.92 Å². The minimum atomic E-state index is 0.291. The molecule has 0 atom stereocenters. The van der Waals surface area contributed by atoms with Crippen LogP contribution in [0, 0.1) is 12.8 Å². The molecule has 2 fully saturated rings. The Morgan fingerprint density at radius 1 is 1.19 bits per heavy atom. The summed E-state index contributed by atoms with van der Waals surface area (Å²) in [5.41, 5.74) is 1.12. The number of hydrogen-bond donors (Lipinski definition) is 1. The van der Waals surface area contributed by atoms with Crippen molar-refractivity contribution in [3.63, 3.8) is 0 Å². The summed E-state index contributed by atoms with van der Waals surface area (Å²) in [4.78, 5) is 25.0. The molecular formula is C20H26N4OS. The van der Waals surface area contributed by atoms with Crippen LogP contribution < -0.4 is 5.32 Å². The van der Waals surface area contributed by atoms with Crippen molar-refractivity contribution in [1.29, 1.82) is 0 Å². The van der Waals surface area contributed by atoms with E-state index in [9.17, 15) is 4.79 Å². The molecule has 26 heavy (non-hydrogen) atoms. The van der Waals surface area contributed by atoms with Gasteiger partial charge in [0.25, 0.3) is 0 Å². The normalized spacial score (nSPS) is 19.0. The molecule has 3 heterocycles. The van der Waals surface area contributed by atoms with Gasteiger partial charge in [-0.1, -0.05) is 18.9 Å². The fourth-order valence-corrected chi connectivity index (χ4v) is 4.77. The highest BCUT2D eigenvalue weighted by atomic mass is 32.1. The number of rotatable bonds is 4. The Labute approximate surface area is 158 Å². The van der Waals surface area contributed by atoms with Crippen LogP contribution in [0.5, 0.6) is 0 Å². The molecule has 6 heteroatoms. The maximum Gasteiger partial charge on any atom is 0.225 e. The van der Waals surface area contributed by atoms with Crippen molar-refractivity contribution < 1.29 is 4.79 Å². The Morgan fingerprint density at radius 3 is 2.65 bits per heavy atom. The number of nitrogens with zero attached hydrogens (tertiary/aromatic N) is 3. The van der Waals surface area contributed by atoms with Gasteiger partial charge in [-0.25, -0.2) is 9.97 Å². The molecule has 1 saturated heterocycles. The Balaban J connectivity index is 1.36. The number of piperidine rings is 1. The topological polar surface area (TPSA) is 58.1 Å². The number of aryl methyl sites for hydroxylation is 1. The summed E-state index contributed by atoms with van der Waals surface area (Å²) in [6.45, 7) is 3.78. The van der Waals surface area contributed by atoms with Crippen LogP contribution in [-0.4, -0.2) is 33.9 Å². The number of carbonyl (C=O) groups excluding carboxylic acids is 1. The summed E-state index contributed by atoms with van der Waals surface area (Å²) in [6, 6.07) is 6.15. The highest BCUT2D eigenvalue weighted by Crippen LogP contribution is 2.32. The van der Waals surface area contributed by atoms with E-state index < -0.39 is 0 Å². The minimum Gasteiger partial charge on any atom is -0.342 e. The molecule has 4 rings (SSSR count). The van der Waals surface area contributed by atoms with E-state index in [1.807, 2.05) is 19.2 Å². The van der Waals surface area contributed by atoms with Gasteiger partial charge in [0, 0.05) is 41.7 Å². The molecule has 2 aliphatic rings. The molecule has 0 radical (unpaired) electrons. The number of likely N-dealkylation sites (tertiary alicyclic amines) is 1. The largest absolute Gasteiger partial charge is 0.342 e. The molecule has 0 aromatic carbocycles. The fraction of sp³-hybridized carbons (Fsp3) is 0.550. The Kier molecular flexibility index (Phi) is 5.20. The van der Waals surface area contributed by atoms with Gasteiger partial charge in [-0.3, -0.25) is 4.79 Å². The van der Waals surface area contributed by atoms with E-state index in [0.29, 0.717) is 17.7 Å². The Bertz CT molecular complexity index is 761. The van der Waals surface area contributed by atoms with E-state index >= 15 is 0 Å². The monoisotopic (exact) mass is 370 g/mol. The molecule has 0 spiro atoms. The lowest BCUT2D eigenvalue weighted by Gasteiger charge is -2.33. The van der Waals surface area contributed by atoms with Crippen molar-refractivity contribution >= 4 is 28.2 Å². The number of amides is 1. The molecule has 1 amide bonds. The summed E-state index contributed by atoms with van der Waals surface area (Å²) in [5.74, 6) is 1.96. The number of anilines is 2. The van der Waals surface area contributed by atoms with Crippen molar-refractivity contribution in [2.75, 3.05) is 18.4 Å².